The summed E-state index contributed by atoms with van der Waals surface area (Å²) in [6.07, 6.45) is 6.65. The number of nitro groups is 2. The monoisotopic (exact) mass is 412 g/mol. The zero-order chi connectivity index (χ0) is 21.5. The van der Waals surface area contributed by atoms with E-state index in [2.05, 4.69) is 10.5 Å². The molecule has 0 radical (unpaired) electrons. The van der Waals surface area contributed by atoms with Crippen LogP contribution in [0.4, 0.5) is 17.1 Å². The van der Waals surface area contributed by atoms with Crippen molar-refractivity contribution in [2.24, 2.45) is 11.0 Å². The number of nitrogens with zero attached hydrogens (tertiary/aromatic N) is 3. The number of ether oxygens (including phenoxy) is 1. The van der Waals surface area contributed by atoms with Gasteiger partial charge in [-0.3, -0.25) is 25.7 Å². The summed E-state index contributed by atoms with van der Waals surface area (Å²) < 4.78 is 5.22. The van der Waals surface area contributed by atoms with Crippen molar-refractivity contribution in [3.05, 3.63) is 68.3 Å². The predicted octanol–water partition coefficient (Wildman–Crippen LogP) is 5.30. The first kappa shape index (κ1) is 21.2. The zero-order valence-electron chi connectivity index (χ0n) is 16.7. The number of hydrogen-bond donors (Lipinski definition) is 1. The Hall–Kier alpha value is -3.49. The van der Waals surface area contributed by atoms with E-state index in [1.807, 2.05) is 24.3 Å². The molecular weight excluding hydrogens is 388 g/mol. The van der Waals surface area contributed by atoms with Crippen LogP contribution in [-0.4, -0.2) is 22.7 Å². The predicted molar refractivity (Wildman–Crippen MR) is 114 cm³/mol. The minimum atomic E-state index is -0.661. The van der Waals surface area contributed by atoms with E-state index in [4.69, 9.17) is 4.74 Å². The van der Waals surface area contributed by atoms with Gasteiger partial charge in [0.25, 0.3) is 5.69 Å². The molecule has 0 atom stereocenters. The lowest BCUT2D eigenvalue weighted by Gasteiger charge is -2.22. The number of non-ortho nitro benzene ring substituents is 1. The van der Waals surface area contributed by atoms with Crippen molar-refractivity contribution in [3.8, 4) is 5.75 Å². The molecule has 1 N–H and O–H groups in total. The highest BCUT2D eigenvalue weighted by atomic mass is 16.6. The Morgan fingerprint density at radius 3 is 2.37 bits per heavy atom. The minimum absolute atomic E-state index is 0.111. The minimum Gasteiger partial charge on any atom is -0.497 e. The number of anilines is 1. The maximum atomic E-state index is 11.4. The van der Waals surface area contributed by atoms with Gasteiger partial charge in [0.15, 0.2) is 0 Å². The Labute approximate surface area is 174 Å². The van der Waals surface area contributed by atoms with E-state index in [-0.39, 0.29) is 17.1 Å². The first-order valence-corrected chi connectivity index (χ1v) is 9.87. The molecule has 1 aliphatic carbocycles. The van der Waals surface area contributed by atoms with Crippen LogP contribution in [0.2, 0.25) is 0 Å². The summed E-state index contributed by atoms with van der Waals surface area (Å²) in [6, 6.07) is 11.0. The molecule has 9 heteroatoms. The summed E-state index contributed by atoms with van der Waals surface area (Å²) in [6.45, 7) is 0. The Bertz CT molecular complexity index is 937. The van der Waals surface area contributed by atoms with Crippen LogP contribution >= 0.6 is 0 Å². The largest absolute Gasteiger partial charge is 0.497 e. The second-order valence-electron chi connectivity index (χ2n) is 7.32. The molecule has 30 heavy (non-hydrogen) atoms. The van der Waals surface area contributed by atoms with Crippen LogP contribution in [0.5, 0.6) is 5.75 Å². The molecule has 0 unspecified atom stereocenters. The number of rotatable bonds is 8. The van der Waals surface area contributed by atoms with Crippen molar-refractivity contribution in [3.63, 3.8) is 0 Å². The molecule has 2 aromatic carbocycles. The first-order chi connectivity index (χ1) is 14.5. The van der Waals surface area contributed by atoms with E-state index in [1.54, 1.807) is 7.11 Å². The van der Waals surface area contributed by atoms with E-state index in [0.717, 1.165) is 42.4 Å². The quantitative estimate of drug-likeness (QED) is 0.357. The van der Waals surface area contributed by atoms with Gasteiger partial charge in [0.2, 0.25) is 0 Å². The lowest BCUT2D eigenvalue weighted by Crippen LogP contribution is -2.14. The molecule has 9 nitrogen and oxygen atoms in total. The van der Waals surface area contributed by atoms with Crippen LogP contribution in [0.1, 0.15) is 44.1 Å². The first-order valence-electron chi connectivity index (χ1n) is 9.87. The van der Waals surface area contributed by atoms with Gasteiger partial charge in [-0.2, -0.15) is 5.10 Å². The topological polar surface area (TPSA) is 120 Å². The molecule has 1 saturated carbocycles. The number of hydrogen-bond acceptors (Lipinski definition) is 7. The summed E-state index contributed by atoms with van der Waals surface area (Å²) in [5, 5.41) is 26.8. The summed E-state index contributed by atoms with van der Waals surface area (Å²) in [5.74, 6) is 1.24. The van der Waals surface area contributed by atoms with E-state index in [0.29, 0.717) is 5.92 Å². The molecule has 0 spiro atoms. The molecule has 0 bridgehead atoms. The molecule has 0 heterocycles. The maximum Gasteiger partial charge on any atom is 0.301 e. The highest BCUT2D eigenvalue weighted by Crippen LogP contribution is 2.31. The third kappa shape index (κ3) is 5.31. The van der Waals surface area contributed by atoms with E-state index in [9.17, 15) is 20.2 Å². The van der Waals surface area contributed by atoms with Gasteiger partial charge in [-0.25, -0.2) is 0 Å². The van der Waals surface area contributed by atoms with Crippen molar-refractivity contribution < 1.29 is 14.6 Å². The van der Waals surface area contributed by atoms with Crippen molar-refractivity contribution in [1.29, 1.82) is 0 Å². The summed E-state index contributed by atoms with van der Waals surface area (Å²) in [7, 11) is 1.60. The van der Waals surface area contributed by atoms with Crippen molar-refractivity contribution in [1.82, 2.24) is 0 Å². The van der Waals surface area contributed by atoms with Crippen LogP contribution in [0.3, 0.4) is 0 Å². The number of nitro benzene ring substituents is 2. The van der Waals surface area contributed by atoms with Crippen LogP contribution in [0, 0.1) is 26.1 Å². The average molecular weight is 412 g/mol. The Morgan fingerprint density at radius 2 is 1.77 bits per heavy atom. The molecule has 0 aromatic heterocycles. The average Bonchev–Trinajstić information content (AvgIpc) is 2.77. The summed E-state index contributed by atoms with van der Waals surface area (Å²) in [5.41, 5.74) is 3.84. The highest BCUT2D eigenvalue weighted by molar-refractivity contribution is 6.01. The molecule has 1 aliphatic rings. The van der Waals surface area contributed by atoms with Crippen molar-refractivity contribution in [2.45, 2.75) is 38.5 Å². The fraction of sp³-hybridized carbons (Fsp3) is 0.381. The summed E-state index contributed by atoms with van der Waals surface area (Å²) >= 11 is 0. The van der Waals surface area contributed by atoms with Gasteiger partial charge < -0.3 is 4.74 Å². The highest BCUT2D eigenvalue weighted by Gasteiger charge is 2.21. The fourth-order valence-electron chi connectivity index (χ4n) is 3.68. The fourth-order valence-corrected chi connectivity index (χ4v) is 3.68. The van der Waals surface area contributed by atoms with Gasteiger partial charge in [-0.15, -0.1) is 0 Å². The number of benzene rings is 2. The lowest BCUT2D eigenvalue weighted by molar-refractivity contribution is -0.393. The molecule has 0 amide bonds. The second-order valence-corrected chi connectivity index (χ2v) is 7.32. The zero-order valence-corrected chi connectivity index (χ0v) is 16.7. The van der Waals surface area contributed by atoms with Crippen molar-refractivity contribution >= 4 is 22.8 Å². The van der Waals surface area contributed by atoms with E-state index < -0.39 is 9.85 Å². The van der Waals surface area contributed by atoms with Crippen LogP contribution in [0.25, 0.3) is 0 Å². The van der Waals surface area contributed by atoms with Gasteiger partial charge in [0, 0.05) is 6.07 Å². The molecule has 0 aliphatic heterocycles. The molecule has 1 fully saturated rings. The van der Waals surface area contributed by atoms with Crippen LogP contribution in [-0.2, 0) is 0 Å². The van der Waals surface area contributed by atoms with Crippen molar-refractivity contribution in [2.75, 3.05) is 12.5 Å². The third-order valence-electron chi connectivity index (χ3n) is 5.33. The smallest absolute Gasteiger partial charge is 0.301 e. The van der Waals surface area contributed by atoms with E-state index >= 15 is 0 Å². The standard InChI is InChI=1S/C21H24N4O5/c1-30-18-10-7-16(8-11-18)20(13-15-5-3-2-4-6-15)23-22-19-12-9-17(24(26)27)14-21(19)25(28)29/h7-12,14-15,22H,2-6,13H2,1H3. The molecule has 3 rings (SSSR count). The normalized spacial score (nSPS) is 14.9. The van der Waals surface area contributed by atoms with Gasteiger partial charge in [0.05, 0.1) is 28.7 Å². The number of nitrogens with one attached hydrogen (secondary N) is 1. The van der Waals surface area contributed by atoms with Gasteiger partial charge in [0.1, 0.15) is 11.4 Å². The third-order valence-corrected chi connectivity index (χ3v) is 5.33. The van der Waals surface area contributed by atoms with Gasteiger partial charge >= 0.3 is 5.69 Å². The summed E-state index contributed by atoms with van der Waals surface area (Å²) in [4.78, 5) is 21.0. The number of methoxy groups -OCH3 is 1. The molecule has 158 valence electrons. The molecule has 0 saturated heterocycles. The lowest BCUT2D eigenvalue weighted by atomic mass is 9.84. The second kappa shape index (κ2) is 9.82. The SMILES string of the molecule is COc1ccc(C(CC2CCCCC2)=NNc2ccc([N+](=O)[O-])cc2[N+](=O)[O-])cc1. The molecular formula is C21H24N4O5. The van der Waals surface area contributed by atoms with E-state index in [1.165, 1.54) is 31.4 Å². The molecule has 2 aromatic rings. The van der Waals surface area contributed by atoms with Crippen LogP contribution < -0.4 is 10.2 Å². The maximum absolute atomic E-state index is 11.4. The van der Waals surface area contributed by atoms with Crippen LogP contribution in [0.15, 0.2) is 47.6 Å². The van der Waals surface area contributed by atoms with Gasteiger partial charge in [-0.1, -0.05) is 32.1 Å². The van der Waals surface area contributed by atoms with Gasteiger partial charge in [-0.05, 0) is 48.2 Å². The Balaban J connectivity index is 1.90. The Morgan fingerprint density at radius 1 is 1.07 bits per heavy atom. The number of hydrazone groups is 1. The Kier molecular flexibility index (Phi) is 6.95.